The number of carbonyl (C=O) groups is 3. The molecule has 1 aromatic rings. The van der Waals surface area contributed by atoms with E-state index in [9.17, 15) is 14.4 Å². The van der Waals surface area contributed by atoms with E-state index in [0.717, 1.165) is 32.0 Å². The molecule has 32 heavy (non-hydrogen) atoms. The highest BCUT2D eigenvalue weighted by molar-refractivity contribution is 8.00. The van der Waals surface area contributed by atoms with Gasteiger partial charge in [-0.05, 0) is 31.2 Å². The minimum Gasteiger partial charge on any atom is -0.378 e. The van der Waals surface area contributed by atoms with Gasteiger partial charge in [-0.15, -0.1) is 11.8 Å². The molecule has 0 radical (unpaired) electrons. The predicted molar refractivity (Wildman–Crippen MR) is 125 cm³/mol. The van der Waals surface area contributed by atoms with E-state index in [4.69, 9.17) is 9.47 Å². The fourth-order valence-electron chi connectivity index (χ4n) is 3.55. The molecule has 2 saturated heterocycles. The lowest BCUT2D eigenvalue weighted by molar-refractivity contribution is -0.132. The van der Waals surface area contributed by atoms with E-state index in [1.54, 1.807) is 4.90 Å². The van der Waals surface area contributed by atoms with Crippen LogP contribution in [-0.4, -0.2) is 105 Å². The Kier molecular flexibility index (Phi) is 9.63. The number of nitrogens with zero attached hydrogens (tertiary/aromatic N) is 3. The van der Waals surface area contributed by atoms with E-state index in [0.29, 0.717) is 38.5 Å². The van der Waals surface area contributed by atoms with Crippen molar-refractivity contribution in [2.24, 2.45) is 0 Å². The van der Waals surface area contributed by atoms with Crippen molar-refractivity contribution in [3.63, 3.8) is 0 Å². The van der Waals surface area contributed by atoms with Gasteiger partial charge in [-0.3, -0.25) is 14.4 Å². The average molecular weight is 465 g/mol. The maximum atomic E-state index is 12.5. The van der Waals surface area contributed by atoms with Gasteiger partial charge in [0.1, 0.15) is 0 Å². The van der Waals surface area contributed by atoms with E-state index in [1.807, 2.05) is 31.2 Å². The molecule has 9 nitrogen and oxygen atoms in total. The van der Waals surface area contributed by atoms with Gasteiger partial charge >= 0.3 is 0 Å². The first kappa shape index (κ1) is 24.3. The molecule has 2 aliphatic heterocycles. The van der Waals surface area contributed by atoms with Gasteiger partial charge in [0.15, 0.2) is 0 Å². The third kappa shape index (κ3) is 7.39. The van der Waals surface area contributed by atoms with Crippen molar-refractivity contribution in [3.8, 4) is 0 Å². The molecule has 1 N–H and O–H groups in total. The molecule has 2 heterocycles. The van der Waals surface area contributed by atoms with Gasteiger partial charge in [0.05, 0.1) is 44.5 Å². The first-order chi connectivity index (χ1) is 15.6. The van der Waals surface area contributed by atoms with Crippen molar-refractivity contribution in [1.29, 1.82) is 0 Å². The number of carbonyl (C=O) groups excluding carboxylic acids is 3. The minimum absolute atomic E-state index is 0.0154. The highest BCUT2D eigenvalue weighted by Gasteiger charge is 2.19. The maximum Gasteiger partial charge on any atom is 0.243 e. The second kappa shape index (κ2) is 12.7. The lowest BCUT2D eigenvalue weighted by Crippen LogP contribution is -2.42. The van der Waals surface area contributed by atoms with Crippen molar-refractivity contribution in [1.82, 2.24) is 9.80 Å². The van der Waals surface area contributed by atoms with Crippen LogP contribution in [0.5, 0.6) is 0 Å². The van der Waals surface area contributed by atoms with Crippen LogP contribution in [0.4, 0.5) is 11.4 Å². The molecule has 2 aliphatic rings. The Morgan fingerprint density at radius 3 is 2.22 bits per heavy atom. The van der Waals surface area contributed by atoms with Gasteiger partial charge in [-0.25, -0.2) is 0 Å². The Labute approximate surface area is 193 Å². The summed E-state index contributed by atoms with van der Waals surface area (Å²) >= 11 is 1.28. The molecule has 0 atom stereocenters. The Balaban J connectivity index is 1.40. The van der Waals surface area contributed by atoms with Crippen molar-refractivity contribution in [2.75, 3.05) is 87.4 Å². The second-order valence-corrected chi connectivity index (χ2v) is 8.57. The number of amides is 3. The lowest BCUT2D eigenvalue weighted by Gasteiger charge is -2.29. The highest BCUT2D eigenvalue weighted by atomic mass is 32.2. The van der Waals surface area contributed by atoms with Gasteiger partial charge in [-0.2, -0.15) is 0 Å². The summed E-state index contributed by atoms with van der Waals surface area (Å²) in [5, 5.41) is 2.85. The number of ether oxygens (including phenoxy) is 2. The monoisotopic (exact) mass is 464 g/mol. The number of hydrogen-bond acceptors (Lipinski definition) is 7. The molecule has 0 aromatic heterocycles. The van der Waals surface area contributed by atoms with Crippen LogP contribution in [0.15, 0.2) is 24.3 Å². The summed E-state index contributed by atoms with van der Waals surface area (Å²) in [4.78, 5) is 42.6. The van der Waals surface area contributed by atoms with Gasteiger partial charge in [0.25, 0.3) is 0 Å². The molecule has 10 heteroatoms. The number of morpholine rings is 2. The Morgan fingerprint density at radius 1 is 0.969 bits per heavy atom. The highest BCUT2D eigenvalue weighted by Crippen LogP contribution is 2.19. The zero-order valence-electron chi connectivity index (χ0n) is 18.6. The predicted octanol–water partition coefficient (Wildman–Crippen LogP) is 0.902. The van der Waals surface area contributed by atoms with Gasteiger partial charge < -0.3 is 29.5 Å². The summed E-state index contributed by atoms with van der Waals surface area (Å²) in [6.07, 6.45) is 0. The zero-order chi connectivity index (χ0) is 22.8. The number of anilines is 2. The standard InChI is InChI=1S/C22H32N4O5S/c1-2-24(21(28)16-32-17-22(29)26-9-13-31-14-10-26)15-20(27)23-18-3-5-19(6-4-18)25-7-11-30-12-8-25/h3-6H,2,7-17H2,1H3,(H,23,27). The molecule has 176 valence electrons. The van der Waals surface area contributed by atoms with E-state index < -0.39 is 0 Å². The van der Waals surface area contributed by atoms with E-state index in [1.165, 1.54) is 16.7 Å². The third-order valence-electron chi connectivity index (χ3n) is 5.41. The van der Waals surface area contributed by atoms with Crippen molar-refractivity contribution >= 4 is 40.9 Å². The van der Waals surface area contributed by atoms with Crippen LogP contribution in [0.1, 0.15) is 6.92 Å². The van der Waals surface area contributed by atoms with Gasteiger partial charge in [0.2, 0.25) is 17.7 Å². The SMILES string of the molecule is CCN(CC(=O)Nc1ccc(N2CCOCC2)cc1)C(=O)CSCC(=O)N1CCOCC1. The summed E-state index contributed by atoms with van der Waals surface area (Å²) in [5.41, 5.74) is 1.79. The Morgan fingerprint density at radius 2 is 1.59 bits per heavy atom. The lowest BCUT2D eigenvalue weighted by atomic mass is 10.2. The molecule has 0 saturated carbocycles. The fraction of sp³-hybridized carbons (Fsp3) is 0.591. The van der Waals surface area contributed by atoms with E-state index in [-0.39, 0.29) is 35.8 Å². The number of benzene rings is 1. The molecule has 0 spiro atoms. The number of nitrogens with one attached hydrogen (secondary N) is 1. The maximum absolute atomic E-state index is 12.5. The number of rotatable bonds is 9. The first-order valence-electron chi connectivity index (χ1n) is 11.0. The summed E-state index contributed by atoms with van der Waals surface area (Å²) in [6.45, 7) is 7.73. The summed E-state index contributed by atoms with van der Waals surface area (Å²) in [6, 6.07) is 7.69. The zero-order valence-corrected chi connectivity index (χ0v) is 19.4. The molecule has 3 amide bonds. The number of likely N-dealkylation sites (N-methyl/N-ethyl adjacent to an activating group) is 1. The Bertz CT molecular complexity index is 764. The first-order valence-corrected chi connectivity index (χ1v) is 12.2. The largest absolute Gasteiger partial charge is 0.378 e. The molecule has 0 aliphatic carbocycles. The number of thioether (sulfide) groups is 1. The van der Waals surface area contributed by atoms with Gasteiger partial charge in [-0.1, -0.05) is 0 Å². The van der Waals surface area contributed by atoms with Crippen molar-refractivity contribution < 1.29 is 23.9 Å². The van der Waals surface area contributed by atoms with Crippen LogP contribution < -0.4 is 10.2 Å². The topological polar surface area (TPSA) is 91.4 Å². The molecular weight excluding hydrogens is 432 g/mol. The smallest absolute Gasteiger partial charge is 0.243 e. The third-order valence-corrected chi connectivity index (χ3v) is 6.31. The molecule has 2 fully saturated rings. The quantitative estimate of drug-likeness (QED) is 0.581. The molecule has 0 unspecified atom stereocenters. The fourth-order valence-corrected chi connectivity index (χ4v) is 4.36. The molecular formula is C22H32N4O5S. The summed E-state index contributed by atoms with van der Waals surface area (Å²) in [5.74, 6) is 0.0578. The summed E-state index contributed by atoms with van der Waals surface area (Å²) in [7, 11) is 0. The van der Waals surface area contributed by atoms with Crippen molar-refractivity contribution in [3.05, 3.63) is 24.3 Å². The van der Waals surface area contributed by atoms with Crippen LogP contribution in [0.25, 0.3) is 0 Å². The second-order valence-electron chi connectivity index (χ2n) is 7.59. The van der Waals surface area contributed by atoms with Crippen LogP contribution in [0.3, 0.4) is 0 Å². The summed E-state index contributed by atoms with van der Waals surface area (Å²) < 4.78 is 10.6. The minimum atomic E-state index is -0.242. The normalized spacial score (nSPS) is 16.5. The number of hydrogen-bond donors (Lipinski definition) is 1. The average Bonchev–Trinajstić information content (AvgIpc) is 2.84. The molecule has 3 rings (SSSR count). The molecule has 1 aromatic carbocycles. The van der Waals surface area contributed by atoms with E-state index in [2.05, 4.69) is 10.2 Å². The van der Waals surface area contributed by atoms with Crippen LogP contribution in [0, 0.1) is 0 Å². The van der Waals surface area contributed by atoms with Crippen LogP contribution in [0.2, 0.25) is 0 Å². The van der Waals surface area contributed by atoms with Gasteiger partial charge in [0, 0.05) is 44.1 Å². The van der Waals surface area contributed by atoms with Crippen LogP contribution >= 0.6 is 11.8 Å². The van der Waals surface area contributed by atoms with E-state index >= 15 is 0 Å². The van der Waals surface area contributed by atoms with Crippen LogP contribution in [-0.2, 0) is 23.9 Å². The molecule has 0 bridgehead atoms. The van der Waals surface area contributed by atoms with Crippen molar-refractivity contribution in [2.45, 2.75) is 6.92 Å². The Hall–Kier alpha value is -2.30.